The molecule has 1 fully saturated rings. The SMILES string of the molecule is CCN1C(=O)N[C@H](c2ccc(OC)cc2)C2=C1CN([C@H](Cc1ccccc1)C(=O)N1CCCC1)C2=O. The molecule has 0 aliphatic carbocycles. The lowest BCUT2D eigenvalue weighted by Crippen LogP contribution is -2.50. The van der Waals surface area contributed by atoms with E-state index in [1.54, 1.807) is 16.9 Å². The first-order chi connectivity index (χ1) is 17.5. The summed E-state index contributed by atoms with van der Waals surface area (Å²) in [5, 5.41) is 3.01. The maximum absolute atomic E-state index is 14.1. The largest absolute Gasteiger partial charge is 0.497 e. The zero-order valence-electron chi connectivity index (χ0n) is 20.8. The van der Waals surface area contributed by atoms with Crippen molar-refractivity contribution in [3.8, 4) is 5.75 Å². The zero-order valence-corrected chi connectivity index (χ0v) is 20.8. The monoisotopic (exact) mass is 488 g/mol. The summed E-state index contributed by atoms with van der Waals surface area (Å²) < 4.78 is 5.28. The zero-order chi connectivity index (χ0) is 25.2. The number of likely N-dealkylation sites (tertiary alicyclic amines) is 1. The van der Waals surface area contributed by atoms with Crippen LogP contribution in [-0.4, -0.2) is 71.9 Å². The van der Waals surface area contributed by atoms with Gasteiger partial charge in [-0.25, -0.2) is 4.79 Å². The van der Waals surface area contributed by atoms with Crippen LogP contribution in [0.1, 0.15) is 36.9 Å². The lowest BCUT2D eigenvalue weighted by Gasteiger charge is -2.33. The van der Waals surface area contributed by atoms with Crippen LogP contribution in [0.4, 0.5) is 4.79 Å². The molecule has 0 unspecified atom stereocenters. The Morgan fingerprint density at radius 1 is 1.06 bits per heavy atom. The number of amides is 4. The second-order valence-electron chi connectivity index (χ2n) is 9.43. The summed E-state index contributed by atoms with van der Waals surface area (Å²) in [7, 11) is 1.60. The van der Waals surface area contributed by atoms with Crippen LogP contribution in [-0.2, 0) is 16.0 Å². The number of rotatable bonds is 7. The number of carbonyl (C=O) groups excluding carboxylic acids is 3. The van der Waals surface area contributed by atoms with E-state index in [4.69, 9.17) is 4.74 Å². The summed E-state index contributed by atoms with van der Waals surface area (Å²) in [6, 6.07) is 15.7. The van der Waals surface area contributed by atoms with E-state index in [9.17, 15) is 14.4 Å². The highest BCUT2D eigenvalue weighted by molar-refractivity contribution is 6.03. The summed E-state index contributed by atoms with van der Waals surface area (Å²) in [5.41, 5.74) is 3.02. The first kappa shape index (κ1) is 23.9. The lowest BCUT2D eigenvalue weighted by atomic mass is 9.95. The molecule has 3 aliphatic heterocycles. The molecule has 8 nitrogen and oxygen atoms in total. The van der Waals surface area contributed by atoms with Crippen molar-refractivity contribution < 1.29 is 19.1 Å². The minimum atomic E-state index is -0.631. The Labute approximate surface area is 211 Å². The first-order valence-electron chi connectivity index (χ1n) is 12.6. The Bertz CT molecular complexity index is 1170. The molecule has 0 saturated carbocycles. The van der Waals surface area contributed by atoms with Crippen LogP contribution < -0.4 is 10.1 Å². The molecule has 5 rings (SSSR count). The van der Waals surface area contributed by atoms with Crippen LogP contribution >= 0.6 is 0 Å². The van der Waals surface area contributed by atoms with Gasteiger partial charge in [0.25, 0.3) is 5.91 Å². The standard InChI is InChI=1S/C28H32N4O4/c1-3-31-23-18-32(22(17-19-9-5-4-6-10-19)26(33)30-15-7-8-16-30)27(34)24(23)25(29-28(31)35)20-11-13-21(36-2)14-12-20/h4-6,9-14,22,25H,3,7-8,15-18H2,1-2H3,(H,29,35)/t22-,25-/m1/s1. The predicted molar refractivity (Wildman–Crippen MR) is 135 cm³/mol. The number of ether oxygens (including phenoxy) is 1. The molecule has 2 aromatic rings. The van der Waals surface area contributed by atoms with Gasteiger partial charge in [0, 0.05) is 26.1 Å². The van der Waals surface area contributed by atoms with E-state index >= 15 is 0 Å². The Morgan fingerprint density at radius 2 is 1.75 bits per heavy atom. The van der Waals surface area contributed by atoms with Gasteiger partial charge < -0.3 is 19.9 Å². The van der Waals surface area contributed by atoms with Crippen LogP contribution in [0.3, 0.4) is 0 Å². The van der Waals surface area contributed by atoms with Gasteiger partial charge in [-0.1, -0.05) is 42.5 Å². The third kappa shape index (κ3) is 4.32. The summed E-state index contributed by atoms with van der Waals surface area (Å²) in [6.45, 7) is 4.00. The highest BCUT2D eigenvalue weighted by Gasteiger charge is 2.47. The highest BCUT2D eigenvalue weighted by Crippen LogP contribution is 2.38. The van der Waals surface area contributed by atoms with E-state index in [0.717, 1.165) is 37.1 Å². The average molecular weight is 489 g/mol. The van der Waals surface area contributed by atoms with Gasteiger partial charge in [0.15, 0.2) is 0 Å². The van der Waals surface area contributed by atoms with Crippen molar-refractivity contribution in [2.24, 2.45) is 0 Å². The fraction of sp³-hybridized carbons (Fsp3) is 0.393. The smallest absolute Gasteiger partial charge is 0.322 e. The van der Waals surface area contributed by atoms with Crippen LogP contribution in [0.2, 0.25) is 0 Å². The number of carbonyl (C=O) groups is 3. The Balaban J connectivity index is 1.51. The molecule has 0 spiro atoms. The van der Waals surface area contributed by atoms with Crippen LogP contribution in [0.25, 0.3) is 0 Å². The van der Waals surface area contributed by atoms with Gasteiger partial charge >= 0.3 is 6.03 Å². The Hall–Kier alpha value is -3.81. The van der Waals surface area contributed by atoms with Gasteiger partial charge in [0.05, 0.1) is 31.0 Å². The normalized spacial score (nSPS) is 20.5. The van der Waals surface area contributed by atoms with Crippen molar-refractivity contribution in [3.63, 3.8) is 0 Å². The average Bonchev–Trinajstić information content (AvgIpc) is 3.56. The topological polar surface area (TPSA) is 82.2 Å². The summed E-state index contributed by atoms with van der Waals surface area (Å²) in [4.78, 5) is 46.0. The van der Waals surface area contributed by atoms with Gasteiger partial charge in [-0.2, -0.15) is 0 Å². The fourth-order valence-electron chi connectivity index (χ4n) is 5.46. The molecule has 1 saturated heterocycles. The minimum absolute atomic E-state index is 0.0205. The summed E-state index contributed by atoms with van der Waals surface area (Å²) >= 11 is 0. The molecule has 3 aliphatic rings. The molecule has 0 radical (unpaired) electrons. The van der Waals surface area contributed by atoms with Crippen molar-refractivity contribution in [3.05, 3.63) is 77.0 Å². The van der Waals surface area contributed by atoms with Gasteiger partial charge in [0.1, 0.15) is 11.8 Å². The third-order valence-corrected chi connectivity index (χ3v) is 7.37. The van der Waals surface area contributed by atoms with E-state index in [0.29, 0.717) is 30.0 Å². The first-order valence-corrected chi connectivity index (χ1v) is 12.6. The van der Waals surface area contributed by atoms with Crippen molar-refractivity contribution in [2.45, 2.75) is 38.3 Å². The summed E-state index contributed by atoms with van der Waals surface area (Å²) in [5.74, 6) is 0.481. The quantitative estimate of drug-likeness (QED) is 0.649. The maximum atomic E-state index is 14.1. The number of methoxy groups -OCH3 is 1. The Kier molecular flexibility index (Phi) is 6.67. The molecule has 1 N–H and O–H groups in total. The molecule has 188 valence electrons. The molecule has 0 bridgehead atoms. The number of nitrogens with one attached hydrogen (secondary N) is 1. The van der Waals surface area contributed by atoms with Crippen LogP contribution in [0, 0.1) is 0 Å². The fourth-order valence-corrected chi connectivity index (χ4v) is 5.46. The van der Waals surface area contributed by atoms with Crippen molar-refractivity contribution in [1.82, 2.24) is 20.0 Å². The second kappa shape index (κ2) is 10.0. The number of nitrogens with zero attached hydrogens (tertiary/aromatic N) is 3. The molecule has 4 amide bonds. The number of benzene rings is 2. The van der Waals surface area contributed by atoms with Crippen molar-refractivity contribution >= 4 is 17.8 Å². The predicted octanol–water partition coefficient (Wildman–Crippen LogP) is 3.11. The number of likely N-dealkylation sites (N-methyl/N-ethyl adjacent to an activating group) is 1. The number of urea groups is 1. The van der Waals surface area contributed by atoms with E-state index in [-0.39, 0.29) is 24.4 Å². The van der Waals surface area contributed by atoms with E-state index in [1.165, 1.54) is 0 Å². The van der Waals surface area contributed by atoms with Gasteiger partial charge in [-0.15, -0.1) is 0 Å². The Morgan fingerprint density at radius 3 is 2.39 bits per heavy atom. The molecule has 0 aromatic heterocycles. The van der Waals surface area contributed by atoms with Crippen LogP contribution in [0.15, 0.2) is 65.9 Å². The van der Waals surface area contributed by atoms with Crippen molar-refractivity contribution in [2.75, 3.05) is 33.3 Å². The lowest BCUT2D eigenvalue weighted by molar-refractivity contribution is -0.142. The maximum Gasteiger partial charge on any atom is 0.322 e. The van der Waals surface area contributed by atoms with E-state index in [1.807, 2.05) is 66.4 Å². The number of hydrogen-bond acceptors (Lipinski definition) is 4. The van der Waals surface area contributed by atoms with Crippen LogP contribution in [0.5, 0.6) is 5.75 Å². The molecule has 3 heterocycles. The molecular formula is C28H32N4O4. The van der Waals surface area contributed by atoms with E-state index in [2.05, 4.69) is 5.32 Å². The molecular weight excluding hydrogens is 456 g/mol. The van der Waals surface area contributed by atoms with Gasteiger partial charge in [-0.05, 0) is 43.0 Å². The third-order valence-electron chi connectivity index (χ3n) is 7.37. The molecule has 8 heteroatoms. The second-order valence-corrected chi connectivity index (χ2v) is 9.43. The van der Waals surface area contributed by atoms with Crippen molar-refractivity contribution in [1.29, 1.82) is 0 Å². The molecule has 36 heavy (non-hydrogen) atoms. The molecule has 2 atom stereocenters. The van der Waals surface area contributed by atoms with Gasteiger partial charge in [-0.3, -0.25) is 14.5 Å². The van der Waals surface area contributed by atoms with Gasteiger partial charge in [0.2, 0.25) is 5.91 Å². The minimum Gasteiger partial charge on any atom is -0.497 e. The number of hydrogen-bond donors (Lipinski definition) is 1. The summed E-state index contributed by atoms with van der Waals surface area (Å²) in [6.07, 6.45) is 2.39. The highest BCUT2D eigenvalue weighted by atomic mass is 16.5. The molecule has 2 aromatic carbocycles. The van der Waals surface area contributed by atoms with E-state index < -0.39 is 12.1 Å².